The second kappa shape index (κ2) is 7.27. The SMILES string of the molecule is Cc1cccc(N2CCN(c3ncc(C(=O)N(C)C)cc3Cl)CC2)n1. The van der Waals surface area contributed by atoms with Gasteiger partial charge in [-0.15, -0.1) is 0 Å². The second-order valence-corrected chi connectivity index (χ2v) is 6.75. The summed E-state index contributed by atoms with van der Waals surface area (Å²) in [6.07, 6.45) is 1.60. The highest BCUT2D eigenvalue weighted by Crippen LogP contribution is 2.26. The number of nitrogens with zero attached hydrogens (tertiary/aromatic N) is 5. The van der Waals surface area contributed by atoms with Crippen LogP contribution in [0.3, 0.4) is 0 Å². The largest absolute Gasteiger partial charge is 0.353 e. The topological polar surface area (TPSA) is 52.6 Å². The quantitative estimate of drug-likeness (QED) is 0.842. The van der Waals surface area contributed by atoms with E-state index < -0.39 is 0 Å². The summed E-state index contributed by atoms with van der Waals surface area (Å²) in [6.45, 7) is 5.33. The Morgan fingerprint density at radius 2 is 1.84 bits per heavy atom. The van der Waals surface area contributed by atoms with Gasteiger partial charge in [-0.25, -0.2) is 9.97 Å². The lowest BCUT2D eigenvalue weighted by Gasteiger charge is -2.36. The van der Waals surface area contributed by atoms with Crippen molar-refractivity contribution in [3.05, 3.63) is 46.7 Å². The maximum atomic E-state index is 12.0. The summed E-state index contributed by atoms with van der Waals surface area (Å²) in [6, 6.07) is 7.76. The van der Waals surface area contributed by atoms with Gasteiger partial charge < -0.3 is 14.7 Å². The number of rotatable bonds is 3. The molecule has 0 N–H and O–H groups in total. The van der Waals surface area contributed by atoms with Crippen molar-refractivity contribution in [2.45, 2.75) is 6.92 Å². The molecule has 1 aliphatic rings. The van der Waals surface area contributed by atoms with Gasteiger partial charge in [0.25, 0.3) is 5.91 Å². The Hall–Kier alpha value is -2.34. The van der Waals surface area contributed by atoms with Crippen LogP contribution >= 0.6 is 11.6 Å². The normalized spacial score (nSPS) is 14.6. The van der Waals surface area contributed by atoms with Crippen LogP contribution in [0.5, 0.6) is 0 Å². The monoisotopic (exact) mass is 359 g/mol. The molecule has 0 saturated carbocycles. The molecule has 6 nitrogen and oxygen atoms in total. The molecule has 0 spiro atoms. The van der Waals surface area contributed by atoms with Crippen molar-refractivity contribution in [2.24, 2.45) is 0 Å². The maximum Gasteiger partial charge on any atom is 0.254 e. The Morgan fingerprint density at radius 3 is 2.44 bits per heavy atom. The lowest BCUT2D eigenvalue weighted by atomic mass is 10.2. The van der Waals surface area contributed by atoms with Crippen LogP contribution < -0.4 is 9.80 Å². The molecule has 0 aromatic carbocycles. The first-order valence-electron chi connectivity index (χ1n) is 8.26. The van der Waals surface area contributed by atoms with Crippen molar-refractivity contribution in [1.29, 1.82) is 0 Å². The first kappa shape index (κ1) is 17.5. The number of carbonyl (C=O) groups is 1. The zero-order valence-electron chi connectivity index (χ0n) is 14.7. The van der Waals surface area contributed by atoms with Crippen LogP contribution in [-0.4, -0.2) is 61.0 Å². The number of anilines is 2. The Bertz CT molecular complexity index is 772. The molecule has 0 radical (unpaired) electrons. The van der Waals surface area contributed by atoms with Crippen LogP contribution in [-0.2, 0) is 0 Å². The van der Waals surface area contributed by atoms with E-state index in [1.165, 1.54) is 4.90 Å². The number of carbonyl (C=O) groups excluding carboxylic acids is 1. The highest BCUT2D eigenvalue weighted by Gasteiger charge is 2.22. The standard InChI is InChI=1S/C18H22ClN5O/c1-13-5-4-6-16(21-13)23-7-9-24(10-8-23)17-15(19)11-14(12-20-17)18(25)22(2)3/h4-6,11-12H,7-10H2,1-3H3. The van der Waals surface area contributed by atoms with Crippen molar-refractivity contribution >= 4 is 29.1 Å². The van der Waals surface area contributed by atoms with Gasteiger partial charge in [-0.1, -0.05) is 17.7 Å². The van der Waals surface area contributed by atoms with E-state index in [0.717, 1.165) is 43.5 Å². The number of aromatic nitrogens is 2. The summed E-state index contributed by atoms with van der Waals surface area (Å²) in [5, 5.41) is 0.509. The van der Waals surface area contributed by atoms with Gasteiger partial charge in [-0.05, 0) is 25.1 Å². The van der Waals surface area contributed by atoms with Crippen LogP contribution in [0, 0.1) is 6.92 Å². The van der Waals surface area contributed by atoms with E-state index in [0.29, 0.717) is 10.6 Å². The predicted molar refractivity (Wildman–Crippen MR) is 101 cm³/mol. The third kappa shape index (κ3) is 3.85. The molecule has 1 saturated heterocycles. The van der Waals surface area contributed by atoms with Gasteiger partial charge in [-0.3, -0.25) is 4.79 Å². The van der Waals surface area contributed by atoms with Gasteiger partial charge in [-0.2, -0.15) is 0 Å². The minimum atomic E-state index is -0.101. The van der Waals surface area contributed by atoms with E-state index in [2.05, 4.69) is 19.8 Å². The summed E-state index contributed by atoms with van der Waals surface area (Å²) in [5.74, 6) is 1.63. The summed E-state index contributed by atoms with van der Waals surface area (Å²) in [5.41, 5.74) is 1.52. The fourth-order valence-corrected chi connectivity index (χ4v) is 3.18. The van der Waals surface area contributed by atoms with E-state index in [1.807, 2.05) is 25.1 Å². The van der Waals surface area contributed by atoms with Crippen LogP contribution in [0.4, 0.5) is 11.6 Å². The molecule has 0 bridgehead atoms. The number of hydrogen-bond acceptors (Lipinski definition) is 5. The number of pyridine rings is 2. The average molecular weight is 360 g/mol. The molecule has 7 heteroatoms. The summed E-state index contributed by atoms with van der Waals surface area (Å²) < 4.78 is 0. The van der Waals surface area contributed by atoms with E-state index in [1.54, 1.807) is 26.4 Å². The first-order chi connectivity index (χ1) is 12.0. The van der Waals surface area contributed by atoms with Crippen LogP contribution in [0.2, 0.25) is 5.02 Å². The number of aryl methyl sites for hydroxylation is 1. The number of halogens is 1. The molecular weight excluding hydrogens is 338 g/mol. The average Bonchev–Trinajstić information content (AvgIpc) is 2.61. The molecule has 1 aliphatic heterocycles. The molecule has 3 heterocycles. The van der Waals surface area contributed by atoms with Crippen molar-refractivity contribution in [1.82, 2.24) is 14.9 Å². The lowest BCUT2D eigenvalue weighted by Crippen LogP contribution is -2.47. The van der Waals surface area contributed by atoms with Crippen LogP contribution in [0.15, 0.2) is 30.5 Å². The number of hydrogen-bond donors (Lipinski definition) is 0. The second-order valence-electron chi connectivity index (χ2n) is 6.34. The molecule has 2 aromatic heterocycles. The van der Waals surface area contributed by atoms with E-state index in [4.69, 9.17) is 11.6 Å². The number of amides is 1. The minimum Gasteiger partial charge on any atom is -0.353 e. The van der Waals surface area contributed by atoms with Gasteiger partial charge in [0.1, 0.15) is 11.6 Å². The molecule has 0 atom stereocenters. The zero-order valence-corrected chi connectivity index (χ0v) is 15.5. The van der Waals surface area contributed by atoms with E-state index >= 15 is 0 Å². The summed E-state index contributed by atoms with van der Waals surface area (Å²) in [7, 11) is 3.42. The predicted octanol–water partition coefficient (Wildman–Crippen LogP) is 2.47. The van der Waals surface area contributed by atoms with Gasteiger partial charge in [0.2, 0.25) is 0 Å². The Kier molecular flexibility index (Phi) is 5.08. The third-order valence-electron chi connectivity index (χ3n) is 4.25. The molecule has 132 valence electrons. The van der Waals surface area contributed by atoms with E-state index in [-0.39, 0.29) is 5.91 Å². The van der Waals surface area contributed by atoms with Crippen molar-refractivity contribution < 1.29 is 4.79 Å². The molecule has 1 fully saturated rings. The van der Waals surface area contributed by atoms with Gasteiger partial charge in [0.15, 0.2) is 0 Å². The lowest BCUT2D eigenvalue weighted by molar-refractivity contribution is 0.0827. The summed E-state index contributed by atoms with van der Waals surface area (Å²) >= 11 is 6.38. The highest BCUT2D eigenvalue weighted by atomic mass is 35.5. The minimum absolute atomic E-state index is 0.101. The molecule has 3 rings (SSSR count). The van der Waals surface area contributed by atoms with Crippen LogP contribution in [0.25, 0.3) is 0 Å². The molecule has 0 aliphatic carbocycles. The van der Waals surface area contributed by atoms with Crippen molar-refractivity contribution in [2.75, 3.05) is 50.1 Å². The van der Waals surface area contributed by atoms with Gasteiger partial charge in [0, 0.05) is 52.2 Å². The Morgan fingerprint density at radius 1 is 1.16 bits per heavy atom. The molecular formula is C18H22ClN5O. The Balaban J connectivity index is 1.70. The maximum absolute atomic E-state index is 12.0. The van der Waals surface area contributed by atoms with Gasteiger partial charge in [0.05, 0.1) is 10.6 Å². The van der Waals surface area contributed by atoms with Gasteiger partial charge >= 0.3 is 0 Å². The highest BCUT2D eigenvalue weighted by molar-refractivity contribution is 6.33. The fourth-order valence-electron chi connectivity index (χ4n) is 2.89. The first-order valence-corrected chi connectivity index (χ1v) is 8.64. The molecule has 2 aromatic rings. The fraction of sp³-hybridized carbons (Fsp3) is 0.389. The van der Waals surface area contributed by atoms with Crippen LogP contribution in [0.1, 0.15) is 16.1 Å². The van der Waals surface area contributed by atoms with E-state index in [9.17, 15) is 4.79 Å². The van der Waals surface area contributed by atoms with Crippen molar-refractivity contribution in [3.8, 4) is 0 Å². The third-order valence-corrected chi connectivity index (χ3v) is 4.53. The summed E-state index contributed by atoms with van der Waals surface area (Å²) in [4.78, 5) is 27.0. The molecule has 0 unspecified atom stereocenters. The van der Waals surface area contributed by atoms with Crippen molar-refractivity contribution in [3.63, 3.8) is 0 Å². The smallest absolute Gasteiger partial charge is 0.254 e. The molecule has 1 amide bonds. The molecule has 25 heavy (non-hydrogen) atoms. The number of piperazine rings is 1. The zero-order chi connectivity index (χ0) is 18.0. The Labute approximate surface area is 153 Å².